The number of amides is 1. The van der Waals surface area contributed by atoms with Crippen LogP contribution < -0.4 is 5.32 Å². The highest BCUT2D eigenvalue weighted by Gasteiger charge is 2.39. The molecule has 1 aliphatic rings. The van der Waals surface area contributed by atoms with Crippen molar-refractivity contribution in [2.45, 2.75) is 30.8 Å². The summed E-state index contributed by atoms with van der Waals surface area (Å²) < 4.78 is 42.9. The van der Waals surface area contributed by atoms with Crippen LogP contribution in [-0.2, 0) is 27.8 Å². The van der Waals surface area contributed by atoms with Gasteiger partial charge in [-0.3, -0.25) is 4.79 Å². The van der Waals surface area contributed by atoms with E-state index in [0.29, 0.717) is 5.56 Å². The van der Waals surface area contributed by atoms with Crippen LogP contribution in [0.1, 0.15) is 16.7 Å². The van der Waals surface area contributed by atoms with E-state index in [1.165, 1.54) is 10.4 Å². The Morgan fingerprint density at radius 2 is 1.62 bits per heavy atom. The first-order chi connectivity index (χ1) is 16.3. The van der Waals surface area contributed by atoms with Gasteiger partial charge in [-0.15, -0.1) is 0 Å². The molecule has 0 unspecified atom stereocenters. The molecular formula is C27H23FN2O3S. The van der Waals surface area contributed by atoms with E-state index < -0.39 is 27.8 Å². The molecule has 172 valence electrons. The fourth-order valence-corrected chi connectivity index (χ4v) is 5.94. The highest BCUT2D eigenvalue weighted by Crippen LogP contribution is 2.31. The number of aryl methyl sites for hydroxylation is 1. The Balaban J connectivity index is 1.54. The van der Waals surface area contributed by atoms with Crippen LogP contribution in [0.2, 0.25) is 0 Å². The van der Waals surface area contributed by atoms with Crippen LogP contribution in [0.3, 0.4) is 0 Å². The Kier molecular flexibility index (Phi) is 5.67. The summed E-state index contributed by atoms with van der Waals surface area (Å²) in [6.07, 6.45) is 0.225. The van der Waals surface area contributed by atoms with E-state index in [1.807, 2.05) is 48.5 Å². The first kappa shape index (κ1) is 22.3. The summed E-state index contributed by atoms with van der Waals surface area (Å²) in [4.78, 5) is 13.5. The lowest BCUT2D eigenvalue weighted by atomic mass is 9.95. The number of carbonyl (C=O) groups is 1. The molecule has 0 bridgehead atoms. The summed E-state index contributed by atoms with van der Waals surface area (Å²) in [5.74, 6) is -0.936. The smallest absolute Gasteiger partial charge is 0.244 e. The average molecular weight is 475 g/mol. The van der Waals surface area contributed by atoms with Crippen molar-refractivity contribution in [2.24, 2.45) is 0 Å². The molecule has 5 rings (SSSR count). The fraction of sp³-hybridized carbons (Fsp3) is 0.148. The summed E-state index contributed by atoms with van der Waals surface area (Å²) in [5, 5.41) is 4.44. The summed E-state index contributed by atoms with van der Waals surface area (Å²) in [6, 6.07) is 23.5. The number of nitrogens with one attached hydrogen (secondary N) is 1. The van der Waals surface area contributed by atoms with Crippen molar-refractivity contribution < 1.29 is 17.6 Å². The van der Waals surface area contributed by atoms with Gasteiger partial charge in [0.15, 0.2) is 0 Å². The number of hydrogen-bond acceptors (Lipinski definition) is 3. The summed E-state index contributed by atoms with van der Waals surface area (Å²) >= 11 is 0. The van der Waals surface area contributed by atoms with E-state index in [2.05, 4.69) is 5.32 Å². The molecule has 0 aromatic heterocycles. The van der Waals surface area contributed by atoms with Gasteiger partial charge in [0.05, 0.1) is 4.90 Å². The van der Waals surface area contributed by atoms with E-state index in [9.17, 15) is 17.6 Å². The van der Waals surface area contributed by atoms with Crippen LogP contribution >= 0.6 is 0 Å². The van der Waals surface area contributed by atoms with Crippen molar-refractivity contribution in [1.82, 2.24) is 4.31 Å². The van der Waals surface area contributed by atoms with E-state index in [0.717, 1.165) is 21.9 Å². The second-order valence-electron chi connectivity index (χ2n) is 8.50. The van der Waals surface area contributed by atoms with Gasteiger partial charge < -0.3 is 5.32 Å². The van der Waals surface area contributed by atoms with Crippen LogP contribution in [0.25, 0.3) is 10.8 Å². The van der Waals surface area contributed by atoms with E-state index >= 15 is 0 Å². The Bertz CT molecular complexity index is 1520. The zero-order chi connectivity index (χ0) is 23.9. The number of sulfonamides is 1. The van der Waals surface area contributed by atoms with E-state index in [1.54, 1.807) is 37.3 Å². The zero-order valence-corrected chi connectivity index (χ0v) is 19.3. The molecule has 1 atom stereocenters. The van der Waals surface area contributed by atoms with Gasteiger partial charge in [0.25, 0.3) is 0 Å². The number of hydrogen-bond donors (Lipinski definition) is 1. The predicted octanol–water partition coefficient (Wildman–Crippen LogP) is 5.04. The molecule has 0 spiro atoms. The lowest BCUT2D eigenvalue weighted by Crippen LogP contribution is -2.50. The van der Waals surface area contributed by atoms with Crippen LogP contribution in [0.4, 0.5) is 10.1 Å². The lowest BCUT2D eigenvalue weighted by Gasteiger charge is -2.35. The molecule has 34 heavy (non-hydrogen) atoms. The second kappa shape index (κ2) is 8.66. The van der Waals surface area contributed by atoms with Crippen molar-refractivity contribution in [3.05, 3.63) is 107 Å². The topological polar surface area (TPSA) is 66.5 Å². The quantitative estimate of drug-likeness (QED) is 0.451. The Hall–Kier alpha value is -3.55. The average Bonchev–Trinajstić information content (AvgIpc) is 2.85. The van der Waals surface area contributed by atoms with Crippen molar-refractivity contribution in [1.29, 1.82) is 0 Å². The third-order valence-corrected chi connectivity index (χ3v) is 8.13. The number of halogens is 1. The van der Waals surface area contributed by atoms with E-state index in [4.69, 9.17) is 0 Å². The molecular weight excluding hydrogens is 451 g/mol. The first-order valence-electron chi connectivity index (χ1n) is 11.0. The van der Waals surface area contributed by atoms with Crippen molar-refractivity contribution in [3.63, 3.8) is 0 Å². The molecule has 1 N–H and O–H groups in total. The maximum absolute atomic E-state index is 14.0. The van der Waals surface area contributed by atoms with Crippen molar-refractivity contribution >= 4 is 32.4 Å². The highest BCUT2D eigenvalue weighted by atomic mass is 32.2. The maximum atomic E-state index is 14.0. The molecule has 0 radical (unpaired) electrons. The normalized spacial score (nSPS) is 16.2. The number of carbonyl (C=O) groups excluding carboxylic acids is 1. The molecule has 5 nitrogen and oxygen atoms in total. The van der Waals surface area contributed by atoms with Crippen LogP contribution in [-0.4, -0.2) is 24.7 Å². The zero-order valence-electron chi connectivity index (χ0n) is 18.5. The number of rotatable bonds is 4. The minimum atomic E-state index is -4.00. The minimum absolute atomic E-state index is 0.0751. The number of nitrogens with zero attached hydrogens (tertiary/aromatic N) is 1. The summed E-state index contributed by atoms with van der Waals surface area (Å²) in [6.45, 7) is 1.71. The molecule has 4 aromatic rings. The largest absolute Gasteiger partial charge is 0.325 e. The summed E-state index contributed by atoms with van der Waals surface area (Å²) in [7, 11) is -4.00. The van der Waals surface area contributed by atoms with Crippen LogP contribution in [0, 0.1) is 12.7 Å². The predicted molar refractivity (Wildman–Crippen MR) is 130 cm³/mol. The van der Waals surface area contributed by atoms with Gasteiger partial charge >= 0.3 is 0 Å². The van der Waals surface area contributed by atoms with Gasteiger partial charge in [-0.1, -0.05) is 60.7 Å². The highest BCUT2D eigenvalue weighted by molar-refractivity contribution is 7.89. The van der Waals surface area contributed by atoms with Crippen LogP contribution in [0.15, 0.2) is 89.8 Å². The van der Waals surface area contributed by atoms with Crippen LogP contribution in [0.5, 0.6) is 0 Å². The fourth-order valence-electron chi connectivity index (χ4n) is 4.33. The maximum Gasteiger partial charge on any atom is 0.244 e. The number of fused-ring (bicyclic) bond motifs is 2. The molecule has 0 saturated carbocycles. The number of benzene rings is 4. The summed E-state index contributed by atoms with van der Waals surface area (Å²) in [5.41, 5.74) is 2.53. The van der Waals surface area contributed by atoms with Crippen molar-refractivity contribution in [3.8, 4) is 0 Å². The monoisotopic (exact) mass is 474 g/mol. The lowest BCUT2D eigenvalue weighted by molar-refractivity contribution is -0.120. The minimum Gasteiger partial charge on any atom is -0.325 e. The first-order valence-corrected chi connectivity index (χ1v) is 12.4. The Morgan fingerprint density at radius 1 is 0.912 bits per heavy atom. The van der Waals surface area contributed by atoms with Gasteiger partial charge in [-0.25, -0.2) is 12.8 Å². The molecule has 7 heteroatoms. The molecule has 0 saturated heterocycles. The molecule has 1 amide bonds. The molecule has 0 fully saturated rings. The van der Waals surface area contributed by atoms with E-state index in [-0.39, 0.29) is 23.5 Å². The SMILES string of the molecule is Cc1ccc(NC(=O)[C@H]2Cc3ccccc3CN2S(=O)(=O)c2ccc3ccccc3c2)cc1F. The van der Waals surface area contributed by atoms with Crippen molar-refractivity contribution in [2.75, 3.05) is 5.32 Å². The Labute approximate surface area is 197 Å². The standard InChI is InChI=1S/C27H23FN2O3S/c1-18-10-12-23(16-25(18)28)29-27(31)26-15-21-8-4-5-9-22(21)17-30(26)34(32,33)24-13-11-19-6-2-3-7-20(19)14-24/h2-14,16,26H,15,17H2,1H3,(H,29,31)/t26-/m1/s1. The Morgan fingerprint density at radius 3 is 2.38 bits per heavy atom. The van der Waals surface area contributed by atoms with Gasteiger partial charge in [0.1, 0.15) is 11.9 Å². The third kappa shape index (κ3) is 4.08. The third-order valence-electron chi connectivity index (χ3n) is 6.27. The van der Waals surface area contributed by atoms with Gasteiger partial charge in [0.2, 0.25) is 15.9 Å². The van der Waals surface area contributed by atoms with Gasteiger partial charge in [-0.2, -0.15) is 4.31 Å². The molecule has 1 heterocycles. The second-order valence-corrected chi connectivity index (χ2v) is 10.4. The number of anilines is 1. The molecule has 1 aliphatic heterocycles. The van der Waals surface area contributed by atoms with Gasteiger partial charge in [-0.05, 0) is 65.1 Å². The molecule has 0 aliphatic carbocycles. The molecule has 4 aromatic carbocycles. The van der Waals surface area contributed by atoms with Gasteiger partial charge in [0, 0.05) is 12.2 Å².